The van der Waals surface area contributed by atoms with E-state index in [1.54, 1.807) is 0 Å². The van der Waals surface area contributed by atoms with Gasteiger partial charge in [0.1, 0.15) is 0 Å². The van der Waals surface area contributed by atoms with Crippen LogP contribution in [-0.2, 0) is 4.74 Å². The molecule has 2 heterocycles. The summed E-state index contributed by atoms with van der Waals surface area (Å²) < 4.78 is 5.93. The second kappa shape index (κ2) is 6.55. The van der Waals surface area contributed by atoms with Crippen molar-refractivity contribution in [3.05, 3.63) is 0 Å². The van der Waals surface area contributed by atoms with Crippen molar-refractivity contribution in [2.75, 3.05) is 19.7 Å². The Morgan fingerprint density at radius 1 is 1.32 bits per heavy atom. The average Bonchev–Trinajstić information content (AvgIpc) is 3.00. The first-order valence-electron chi connectivity index (χ1n) is 8.28. The minimum absolute atomic E-state index is 0.318. The minimum atomic E-state index is 0.318. The van der Waals surface area contributed by atoms with Crippen LogP contribution >= 0.6 is 0 Å². The molecule has 1 N–H and O–H groups in total. The summed E-state index contributed by atoms with van der Waals surface area (Å²) in [6, 6.07) is 1.23. The molecule has 3 heteroatoms. The van der Waals surface area contributed by atoms with Crippen LogP contribution in [0.1, 0.15) is 59.8 Å². The van der Waals surface area contributed by atoms with E-state index in [2.05, 4.69) is 37.9 Å². The number of hydrogen-bond donors (Lipinski definition) is 1. The lowest BCUT2D eigenvalue weighted by Crippen LogP contribution is -2.66. The van der Waals surface area contributed by atoms with Crippen LogP contribution < -0.4 is 5.32 Å². The van der Waals surface area contributed by atoms with Crippen LogP contribution in [0.5, 0.6) is 0 Å². The third-order valence-electron chi connectivity index (χ3n) is 5.52. The molecule has 0 bridgehead atoms. The van der Waals surface area contributed by atoms with Crippen LogP contribution in [0.2, 0.25) is 0 Å². The van der Waals surface area contributed by atoms with Gasteiger partial charge >= 0.3 is 0 Å². The average molecular weight is 268 g/mol. The lowest BCUT2D eigenvalue weighted by atomic mass is 9.86. The largest absolute Gasteiger partial charge is 0.377 e. The first-order chi connectivity index (χ1) is 9.15. The monoisotopic (exact) mass is 268 g/mol. The third-order valence-corrected chi connectivity index (χ3v) is 5.52. The Morgan fingerprint density at radius 2 is 2.05 bits per heavy atom. The van der Waals surface area contributed by atoms with Crippen LogP contribution in [0.25, 0.3) is 0 Å². The minimum Gasteiger partial charge on any atom is -0.377 e. The van der Waals surface area contributed by atoms with Crippen molar-refractivity contribution >= 4 is 0 Å². The first kappa shape index (κ1) is 15.3. The zero-order valence-electron chi connectivity index (χ0n) is 13.2. The molecule has 2 saturated heterocycles. The molecule has 0 aromatic carbocycles. The number of rotatable bonds is 5. The van der Waals surface area contributed by atoms with Crippen molar-refractivity contribution < 1.29 is 4.74 Å². The van der Waals surface area contributed by atoms with Crippen LogP contribution in [0.4, 0.5) is 0 Å². The molecule has 2 aliphatic rings. The Balaban J connectivity index is 2.08. The van der Waals surface area contributed by atoms with E-state index in [9.17, 15) is 0 Å². The molecule has 112 valence electrons. The van der Waals surface area contributed by atoms with Crippen molar-refractivity contribution in [1.29, 1.82) is 0 Å². The second-order valence-electron chi connectivity index (χ2n) is 6.39. The fraction of sp³-hybridized carbons (Fsp3) is 1.00. The second-order valence-corrected chi connectivity index (χ2v) is 6.39. The summed E-state index contributed by atoms with van der Waals surface area (Å²) in [5.74, 6) is 0. The predicted octanol–water partition coefficient (Wildman–Crippen LogP) is 2.80. The fourth-order valence-corrected chi connectivity index (χ4v) is 3.76. The molecule has 2 fully saturated rings. The van der Waals surface area contributed by atoms with E-state index >= 15 is 0 Å². The molecular weight excluding hydrogens is 236 g/mol. The Labute approximate surface area is 119 Å². The van der Waals surface area contributed by atoms with Crippen molar-refractivity contribution in [2.24, 2.45) is 0 Å². The molecule has 2 rings (SSSR count). The molecular formula is C16H32N2O. The van der Waals surface area contributed by atoms with E-state index in [-0.39, 0.29) is 0 Å². The normalized spacial score (nSPS) is 33.5. The Morgan fingerprint density at radius 3 is 2.58 bits per heavy atom. The van der Waals surface area contributed by atoms with Crippen LogP contribution in [-0.4, -0.2) is 48.3 Å². The molecule has 0 aromatic heterocycles. The highest BCUT2D eigenvalue weighted by atomic mass is 16.5. The van der Waals surface area contributed by atoms with Gasteiger partial charge in [0.25, 0.3) is 0 Å². The summed E-state index contributed by atoms with van der Waals surface area (Å²) in [7, 11) is 0. The van der Waals surface area contributed by atoms with Crippen molar-refractivity contribution in [2.45, 2.75) is 83.5 Å². The van der Waals surface area contributed by atoms with Gasteiger partial charge in [-0.05, 0) is 39.0 Å². The van der Waals surface area contributed by atoms with Gasteiger partial charge in [-0.3, -0.25) is 4.90 Å². The molecule has 2 aliphatic heterocycles. The van der Waals surface area contributed by atoms with Gasteiger partial charge in [0.15, 0.2) is 0 Å². The molecule has 0 aliphatic carbocycles. The molecule has 19 heavy (non-hydrogen) atoms. The summed E-state index contributed by atoms with van der Waals surface area (Å²) in [5.41, 5.74) is 0.318. The smallest absolute Gasteiger partial charge is 0.0728 e. The van der Waals surface area contributed by atoms with Crippen LogP contribution in [0.3, 0.4) is 0 Å². The maximum Gasteiger partial charge on any atom is 0.0728 e. The molecule has 3 unspecified atom stereocenters. The van der Waals surface area contributed by atoms with Crippen LogP contribution in [0.15, 0.2) is 0 Å². The van der Waals surface area contributed by atoms with Gasteiger partial charge in [-0.25, -0.2) is 0 Å². The molecule has 3 atom stereocenters. The van der Waals surface area contributed by atoms with Crippen molar-refractivity contribution in [3.8, 4) is 0 Å². The van der Waals surface area contributed by atoms with Gasteiger partial charge in [0.05, 0.1) is 6.10 Å². The van der Waals surface area contributed by atoms with E-state index in [0.29, 0.717) is 23.7 Å². The summed E-state index contributed by atoms with van der Waals surface area (Å²) in [5, 5.41) is 3.83. The van der Waals surface area contributed by atoms with E-state index in [0.717, 1.165) is 13.2 Å². The maximum atomic E-state index is 5.93. The number of hydrogen-bond acceptors (Lipinski definition) is 3. The molecule has 0 aromatic rings. The highest BCUT2D eigenvalue weighted by Gasteiger charge is 2.40. The third kappa shape index (κ3) is 3.14. The first-order valence-corrected chi connectivity index (χ1v) is 8.28. The highest BCUT2D eigenvalue weighted by Crippen LogP contribution is 2.29. The van der Waals surface area contributed by atoms with E-state index < -0.39 is 0 Å². The molecule has 0 spiro atoms. The SMILES string of the molecule is CCC1CNC(CC)(CC)CN1C(C)C1CCCO1. The molecule has 0 saturated carbocycles. The molecule has 0 radical (unpaired) electrons. The zero-order valence-corrected chi connectivity index (χ0v) is 13.2. The highest BCUT2D eigenvalue weighted by molar-refractivity contribution is 4.99. The lowest BCUT2D eigenvalue weighted by Gasteiger charge is -2.50. The number of ether oxygens (including phenoxy) is 1. The summed E-state index contributed by atoms with van der Waals surface area (Å²) in [4.78, 5) is 2.74. The van der Waals surface area contributed by atoms with E-state index in [1.807, 2.05) is 0 Å². The standard InChI is InChI=1S/C16H32N2O/c1-5-14-11-17-16(6-2,7-3)12-18(14)13(4)15-9-8-10-19-15/h13-15,17H,5-12H2,1-4H3. The maximum absolute atomic E-state index is 5.93. The molecule has 0 amide bonds. The lowest BCUT2D eigenvalue weighted by molar-refractivity contribution is -0.0238. The Hall–Kier alpha value is -0.120. The number of nitrogens with zero attached hydrogens (tertiary/aromatic N) is 1. The summed E-state index contributed by atoms with van der Waals surface area (Å²) in [6.45, 7) is 12.6. The van der Waals surface area contributed by atoms with Crippen molar-refractivity contribution in [3.63, 3.8) is 0 Å². The summed E-state index contributed by atoms with van der Waals surface area (Å²) >= 11 is 0. The van der Waals surface area contributed by atoms with Crippen LogP contribution in [0, 0.1) is 0 Å². The van der Waals surface area contributed by atoms with Gasteiger partial charge in [0, 0.05) is 37.3 Å². The van der Waals surface area contributed by atoms with Crippen molar-refractivity contribution in [1.82, 2.24) is 10.2 Å². The van der Waals surface area contributed by atoms with E-state index in [1.165, 1.54) is 38.6 Å². The fourth-order valence-electron chi connectivity index (χ4n) is 3.76. The van der Waals surface area contributed by atoms with Gasteiger partial charge < -0.3 is 10.1 Å². The van der Waals surface area contributed by atoms with E-state index in [4.69, 9.17) is 4.74 Å². The van der Waals surface area contributed by atoms with Gasteiger partial charge in [-0.15, -0.1) is 0 Å². The Kier molecular flexibility index (Phi) is 5.27. The van der Waals surface area contributed by atoms with Gasteiger partial charge in [-0.2, -0.15) is 0 Å². The zero-order chi connectivity index (χ0) is 13.9. The summed E-state index contributed by atoms with van der Waals surface area (Å²) in [6.07, 6.45) is 6.60. The van der Waals surface area contributed by atoms with Gasteiger partial charge in [0.2, 0.25) is 0 Å². The quantitative estimate of drug-likeness (QED) is 0.830. The Bertz CT molecular complexity index is 272. The predicted molar refractivity (Wildman–Crippen MR) is 80.5 cm³/mol. The van der Waals surface area contributed by atoms with Gasteiger partial charge in [-0.1, -0.05) is 20.8 Å². The molecule has 3 nitrogen and oxygen atoms in total. The topological polar surface area (TPSA) is 24.5 Å². The number of nitrogens with one attached hydrogen (secondary N) is 1. The number of piperazine rings is 1.